The number of halogens is 2. The topological polar surface area (TPSA) is 60.5 Å². The molecule has 0 spiro atoms. The highest BCUT2D eigenvalue weighted by atomic mass is 35.5. The Morgan fingerprint density at radius 1 is 1.25 bits per heavy atom. The number of Topliss-reactive ketones (excluding diaryl/α,β-unsaturated/α-hetero) is 1. The van der Waals surface area contributed by atoms with E-state index in [1.165, 1.54) is 0 Å². The molecule has 2 heterocycles. The van der Waals surface area contributed by atoms with Crippen LogP contribution in [0.2, 0.25) is 10.0 Å². The fourth-order valence-electron chi connectivity index (χ4n) is 2.49. The predicted molar refractivity (Wildman–Crippen MR) is 92.1 cm³/mol. The molecule has 1 atom stereocenters. The van der Waals surface area contributed by atoms with Gasteiger partial charge in [-0.15, -0.1) is 0 Å². The van der Waals surface area contributed by atoms with Crippen LogP contribution in [0.5, 0.6) is 5.75 Å². The van der Waals surface area contributed by atoms with Gasteiger partial charge >= 0.3 is 0 Å². The number of nitrogens with one attached hydrogen (secondary N) is 1. The van der Waals surface area contributed by atoms with E-state index in [-0.39, 0.29) is 5.78 Å². The molecule has 0 amide bonds. The molecular formula is C17H14Cl2N2O3. The second-order valence-corrected chi connectivity index (χ2v) is 5.91. The molecule has 3 rings (SSSR count). The van der Waals surface area contributed by atoms with E-state index in [4.69, 9.17) is 32.7 Å². The standard InChI is InChI=1S/C17H14Cl2N2O3/c1-20-17-14(13-8-10(23-2)5-6-21-13)15(22)16(24-17)11-4-3-9(18)7-12(11)19/h3-8,16,20H,1-2H3/t16-/m0/s1. The highest BCUT2D eigenvalue weighted by Crippen LogP contribution is 2.39. The van der Waals surface area contributed by atoms with E-state index in [0.29, 0.717) is 38.5 Å². The third-order valence-corrected chi connectivity index (χ3v) is 4.20. The molecule has 0 aliphatic carbocycles. The molecule has 0 radical (unpaired) electrons. The number of nitrogens with zero attached hydrogens (tertiary/aromatic N) is 1. The Morgan fingerprint density at radius 3 is 2.71 bits per heavy atom. The first kappa shape index (κ1) is 16.6. The highest BCUT2D eigenvalue weighted by Gasteiger charge is 2.38. The molecule has 1 N–H and O–H groups in total. The van der Waals surface area contributed by atoms with Crippen molar-refractivity contribution in [3.05, 3.63) is 63.7 Å². The lowest BCUT2D eigenvalue weighted by atomic mass is 10.00. The van der Waals surface area contributed by atoms with E-state index in [0.717, 1.165) is 0 Å². The molecule has 0 unspecified atom stereocenters. The fourth-order valence-corrected chi connectivity index (χ4v) is 3.00. The number of aromatic nitrogens is 1. The summed E-state index contributed by atoms with van der Waals surface area (Å²) in [5.41, 5.74) is 1.38. The molecule has 1 aliphatic rings. The minimum absolute atomic E-state index is 0.232. The Kier molecular flexibility index (Phi) is 4.64. The van der Waals surface area contributed by atoms with Crippen molar-refractivity contribution in [2.24, 2.45) is 0 Å². The third-order valence-electron chi connectivity index (χ3n) is 3.64. The van der Waals surface area contributed by atoms with Crippen LogP contribution in [0, 0.1) is 0 Å². The maximum Gasteiger partial charge on any atom is 0.215 e. The number of hydrogen-bond donors (Lipinski definition) is 1. The maximum atomic E-state index is 12.9. The van der Waals surface area contributed by atoms with Gasteiger partial charge in [-0.25, -0.2) is 0 Å². The Balaban J connectivity index is 2.02. The summed E-state index contributed by atoms with van der Waals surface area (Å²) in [6.45, 7) is 0. The van der Waals surface area contributed by atoms with Gasteiger partial charge in [0.1, 0.15) is 11.3 Å². The molecule has 0 saturated carbocycles. The Morgan fingerprint density at radius 2 is 2.04 bits per heavy atom. The van der Waals surface area contributed by atoms with Crippen molar-refractivity contribution in [2.75, 3.05) is 14.2 Å². The smallest absolute Gasteiger partial charge is 0.215 e. The van der Waals surface area contributed by atoms with Crippen molar-refractivity contribution < 1.29 is 14.3 Å². The van der Waals surface area contributed by atoms with Gasteiger partial charge < -0.3 is 14.8 Å². The van der Waals surface area contributed by atoms with Crippen molar-refractivity contribution in [3.63, 3.8) is 0 Å². The van der Waals surface area contributed by atoms with Crippen LogP contribution in [0.4, 0.5) is 0 Å². The van der Waals surface area contributed by atoms with Crippen LogP contribution in [0.15, 0.2) is 42.4 Å². The molecule has 0 saturated heterocycles. The van der Waals surface area contributed by atoms with Crippen LogP contribution in [-0.2, 0) is 9.53 Å². The van der Waals surface area contributed by atoms with Gasteiger partial charge in [0.25, 0.3) is 0 Å². The van der Waals surface area contributed by atoms with Gasteiger partial charge in [-0.3, -0.25) is 9.78 Å². The average Bonchev–Trinajstić information content (AvgIpc) is 2.91. The molecule has 2 aromatic rings. The summed E-state index contributed by atoms with van der Waals surface area (Å²) in [6, 6.07) is 8.31. The number of methoxy groups -OCH3 is 1. The lowest BCUT2D eigenvalue weighted by Gasteiger charge is -2.13. The second-order valence-electron chi connectivity index (χ2n) is 5.06. The minimum Gasteiger partial charge on any atom is -0.497 e. The van der Waals surface area contributed by atoms with Crippen LogP contribution in [0.3, 0.4) is 0 Å². The summed E-state index contributed by atoms with van der Waals surface area (Å²) in [5, 5.41) is 3.76. The van der Waals surface area contributed by atoms with E-state index in [1.807, 2.05) is 0 Å². The van der Waals surface area contributed by atoms with Crippen molar-refractivity contribution in [1.29, 1.82) is 0 Å². The average molecular weight is 365 g/mol. The predicted octanol–water partition coefficient (Wildman–Crippen LogP) is 3.63. The molecule has 0 fully saturated rings. The number of benzene rings is 1. The van der Waals surface area contributed by atoms with Crippen LogP contribution in [0.1, 0.15) is 17.4 Å². The van der Waals surface area contributed by atoms with E-state index in [2.05, 4.69) is 10.3 Å². The van der Waals surface area contributed by atoms with Crippen molar-refractivity contribution in [1.82, 2.24) is 10.3 Å². The first-order valence-electron chi connectivity index (χ1n) is 7.13. The van der Waals surface area contributed by atoms with Crippen molar-refractivity contribution in [3.8, 4) is 5.75 Å². The number of carbonyl (C=O) groups excluding carboxylic acids is 1. The summed E-state index contributed by atoms with van der Waals surface area (Å²) < 4.78 is 11.0. The maximum absolute atomic E-state index is 12.9. The molecule has 1 aliphatic heterocycles. The summed E-state index contributed by atoms with van der Waals surface area (Å²) in [5.74, 6) is 0.713. The second kappa shape index (κ2) is 6.71. The Hall–Kier alpha value is -2.24. The van der Waals surface area contributed by atoms with E-state index in [9.17, 15) is 4.79 Å². The first-order valence-corrected chi connectivity index (χ1v) is 7.89. The van der Waals surface area contributed by atoms with Crippen LogP contribution in [-0.4, -0.2) is 24.9 Å². The number of ether oxygens (including phenoxy) is 2. The number of rotatable bonds is 4. The van der Waals surface area contributed by atoms with Gasteiger partial charge in [0, 0.05) is 34.9 Å². The SMILES string of the molecule is CNC1=C(c2cc(OC)ccn2)C(=O)[C@H](c2ccc(Cl)cc2Cl)O1. The van der Waals surface area contributed by atoms with E-state index in [1.54, 1.807) is 50.7 Å². The van der Waals surface area contributed by atoms with Crippen molar-refractivity contribution >= 4 is 34.6 Å². The molecular weight excluding hydrogens is 351 g/mol. The lowest BCUT2D eigenvalue weighted by Crippen LogP contribution is -2.11. The first-order chi connectivity index (χ1) is 11.5. The Bertz CT molecular complexity index is 836. The quantitative estimate of drug-likeness (QED) is 0.897. The highest BCUT2D eigenvalue weighted by molar-refractivity contribution is 6.35. The normalized spacial score (nSPS) is 17.0. The van der Waals surface area contributed by atoms with Gasteiger partial charge in [0.15, 0.2) is 6.10 Å². The van der Waals surface area contributed by atoms with Gasteiger partial charge in [-0.1, -0.05) is 29.3 Å². The van der Waals surface area contributed by atoms with Crippen LogP contribution < -0.4 is 10.1 Å². The van der Waals surface area contributed by atoms with Crippen LogP contribution in [0.25, 0.3) is 5.57 Å². The molecule has 1 aromatic carbocycles. The molecule has 7 heteroatoms. The van der Waals surface area contributed by atoms with Gasteiger partial charge in [-0.2, -0.15) is 0 Å². The Labute approximate surface area is 149 Å². The third kappa shape index (κ3) is 2.92. The van der Waals surface area contributed by atoms with E-state index >= 15 is 0 Å². The lowest BCUT2D eigenvalue weighted by molar-refractivity contribution is -0.120. The number of pyridine rings is 1. The zero-order valence-corrected chi connectivity index (χ0v) is 14.5. The number of carbonyl (C=O) groups is 1. The van der Waals surface area contributed by atoms with Crippen LogP contribution >= 0.6 is 23.2 Å². The molecule has 124 valence electrons. The summed E-state index contributed by atoms with van der Waals surface area (Å²) in [4.78, 5) is 17.2. The largest absolute Gasteiger partial charge is 0.497 e. The summed E-state index contributed by atoms with van der Waals surface area (Å²) in [7, 11) is 3.23. The number of hydrogen-bond acceptors (Lipinski definition) is 5. The zero-order chi connectivity index (χ0) is 17.3. The zero-order valence-electron chi connectivity index (χ0n) is 13.0. The van der Waals surface area contributed by atoms with Gasteiger partial charge in [-0.05, 0) is 18.2 Å². The minimum atomic E-state index is -0.847. The van der Waals surface area contributed by atoms with E-state index < -0.39 is 6.10 Å². The summed E-state index contributed by atoms with van der Waals surface area (Å²) in [6.07, 6.45) is 0.727. The number of ketones is 1. The fraction of sp³-hybridized carbons (Fsp3) is 0.176. The van der Waals surface area contributed by atoms with Gasteiger partial charge in [0.05, 0.1) is 12.8 Å². The summed E-state index contributed by atoms with van der Waals surface area (Å²) >= 11 is 12.1. The monoisotopic (exact) mass is 364 g/mol. The molecule has 5 nitrogen and oxygen atoms in total. The molecule has 1 aromatic heterocycles. The van der Waals surface area contributed by atoms with Gasteiger partial charge in [0.2, 0.25) is 11.7 Å². The molecule has 24 heavy (non-hydrogen) atoms. The van der Waals surface area contributed by atoms with Crippen molar-refractivity contribution in [2.45, 2.75) is 6.10 Å². The molecule has 0 bridgehead atoms.